The molecule has 0 saturated carbocycles. The Morgan fingerprint density at radius 2 is 2.09 bits per heavy atom. The standard InChI is InChI=1S/C17H17IN2O2/c1-20-17(22)10-13-8-11(2-7-15(13)19-20)9-16(21)12-3-5-14(18)6-4-12/h3-6,10-11H,2,7-9H2,1H3. The lowest BCUT2D eigenvalue weighted by Crippen LogP contribution is -2.26. The predicted molar refractivity (Wildman–Crippen MR) is 93.1 cm³/mol. The highest BCUT2D eigenvalue weighted by atomic mass is 127. The van der Waals surface area contributed by atoms with E-state index in [0.29, 0.717) is 12.3 Å². The van der Waals surface area contributed by atoms with Crippen molar-refractivity contribution in [3.63, 3.8) is 0 Å². The molecule has 1 aromatic carbocycles. The fourth-order valence-electron chi connectivity index (χ4n) is 2.95. The van der Waals surface area contributed by atoms with Crippen LogP contribution < -0.4 is 5.56 Å². The summed E-state index contributed by atoms with van der Waals surface area (Å²) in [5.74, 6) is 0.481. The monoisotopic (exact) mass is 408 g/mol. The summed E-state index contributed by atoms with van der Waals surface area (Å²) in [4.78, 5) is 24.1. The lowest BCUT2D eigenvalue weighted by Gasteiger charge is -2.23. The van der Waals surface area contributed by atoms with Gasteiger partial charge in [0.1, 0.15) is 0 Å². The summed E-state index contributed by atoms with van der Waals surface area (Å²) >= 11 is 2.23. The second kappa shape index (κ2) is 6.32. The van der Waals surface area contributed by atoms with Gasteiger partial charge < -0.3 is 0 Å². The molecule has 1 aliphatic rings. The van der Waals surface area contributed by atoms with Crippen molar-refractivity contribution < 1.29 is 4.79 Å². The molecular formula is C17H17IN2O2. The van der Waals surface area contributed by atoms with Crippen molar-refractivity contribution in [3.05, 3.63) is 61.1 Å². The number of benzene rings is 1. The van der Waals surface area contributed by atoms with Gasteiger partial charge in [-0.25, -0.2) is 4.68 Å². The largest absolute Gasteiger partial charge is 0.294 e. The zero-order valence-corrected chi connectivity index (χ0v) is 14.5. The third kappa shape index (κ3) is 3.29. The molecule has 3 rings (SSSR count). The van der Waals surface area contributed by atoms with E-state index in [4.69, 9.17) is 0 Å². The first-order valence-corrected chi connectivity index (χ1v) is 8.45. The molecule has 0 aliphatic heterocycles. The molecule has 114 valence electrons. The Morgan fingerprint density at radius 3 is 2.82 bits per heavy atom. The van der Waals surface area contributed by atoms with Crippen LogP contribution in [0.1, 0.15) is 34.5 Å². The first kappa shape index (κ1) is 15.4. The molecule has 2 aromatic rings. The van der Waals surface area contributed by atoms with Crippen LogP contribution in [0.2, 0.25) is 0 Å². The van der Waals surface area contributed by atoms with Gasteiger partial charge in [0.2, 0.25) is 0 Å². The van der Waals surface area contributed by atoms with E-state index in [-0.39, 0.29) is 11.3 Å². The minimum absolute atomic E-state index is 0.0802. The van der Waals surface area contributed by atoms with Crippen LogP contribution in [-0.4, -0.2) is 15.6 Å². The zero-order valence-electron chi connectivity index (χ0n) is 12.4. The molecule has 1 aromatic heterocycles. The van der Waals surface area contributed by atoms with Crippen molar-refractivity contribution in [1.29, 1.82) is 0 Å². The van der Waals surface area contributed by atoms with E-state index in [2.05, 4.69) is 27.7 Å². The van der Waals surface area contributed by atoms with Gasteiger partial charge in [0.05, 0.1) is 5.69 Å². The van der Waals surface area contributed by atoms with Crippen molar-refractivity contribution in [1.82, 2.24) is 9.78 Å². The van der Waals surface area contributed by atoms with Gasteiger partial charge >= 0.3 is 0 Å². The lowest BCUT2D eigenvalue weighted by atomic mass is 9.83. The maximum atomic E-state index is 12.4. The summed E-state index contributed by atoms with van der Waals surface area (Å²) in [5, 5.41) is 4.31. The summed E-state index contributed by atoms with van der Waals surface area (Å²) in [6.45, 7) is 0. The molecule has 0 N–H and O–H groups in total. The minimum atomic E-state index is -0.0802. The Morgan fingerprint density at radius 1 is 1.36 bits per heavy atom. The van der Waals surface area contributed by atoms with E-state index in [1.165, 1.54) is 4.68 Å². The second-order valence-electron chi connectivity index (χ2n) is 5.82. The number of aryl methyl sites for hydroxylation is 2. The van der Waals surface area contributed by atoms with Crippen LogP contribution in [0, 0.1) is 9.49 Å². The summed E-state index contributed by atoms with van der Waals surface area (Å²) < 4.78 is 2.51. The number of carbonyl (C=O) groups excluding carboxylic acids is 1. The van der Waals surface area contributed by atoms with Gasteiger partial charge in [-0.1, -0.05) is 12.1 Å². The molecule has 0 bridgehead atoms. The normalized spacial score (nSPS) is 17.1. The SMILES string of the molecule is Cn1nc2c(cc1=O)CC(CC(=O)c1ccc(I)cc1)CC2. The zero-order chi connectivity index (χ0) is 15.7. The van der Waals surface area contributed by atoms with Crippen LogP contribution in [-0.2, 0) is 19.9 Å². The van der Waals surface area contributed by atoms with E-state index in [9.17, 15) is 9.59 Å². The molecule has 1 aliphatic carbocycles. The number of fused-ring (bicyclic) bond motifs is 1. The fourth-order valence-corrected chi connectivity index (χ4v) is 3.31. The van der Waals surface area contributed by atoms with Crippen molar-refractivity contribution in [2.24, 2.45) is 13.0 Å². The summed E-state index contributed by atoms with van der Waals surface area (Å²) in [6, 6.07) is 9.36. The molecule has 0 spiro atoms. The number of rotatable bonds is 3. The van der Waals surface area contributed by atoms with Crippen molar-refractivity contribution in [2.75, 3.05) is 0 Å². The third-order valence-corrected chi connectivity index (χ3v) is 4.92. The van der Waals surface area contributed by atoms with E-state index in [1.54, 1.807) is 13.1 Å². The topological polar surface area (TPSA) is 52.0 Å². The first-order chi connectivity index (χ1) is 10.5. The summed E-state index contributed by atoms with van der Waals surface area (Å²) in [5.41, 5.74) is 2.70. The van der Waals surface area contributed by atoms with Gasteiger partial charge in [-0.15, -0.1) is 0 Å². The molecule has 5 heteroatoms. The Hall–Kier alpha value is -1.50. The highest BCUT2D eigenvalue weighted by Gasteiger charge is 2.23. The van der Waals surface area contributed by atoms with Crippen LogP contribution in [0.15, 0.2) is 35.1 Å². The predicted octanol–water partition coefficient (Wildman–Crippen LogP) is 2.76. The van der Waals surface area contributed by atoms with Crippen LogP contribution in [0.5, 0.6) is 0 Å². The van der Waals surface area contributed by atoms with E-state index in [1.807, 2.05) is 24.3 Å². The van der Waals surface area contributed by atoms with Crippen LogP contribution in [0.3, 0.4) is 0 Å². The Balaban J connectivity index is 1.72. The average molecular weight is 408 g/mol. The molecule has 0 amide bonds. The molecule has 0 fully saturated rings. The van der Waals surface area contributed by atoms with Crippen LogP contribution >= 0.6 is 22.6 Å². The number of hydrogen-bond acceptors (Lipinski definition) is 3. The van der Waals surface area contributed by atoms with E-state index < -0.39 is 0 Å². The number of halogens is 1. The van der Waals surface area contributed by atoms with Gasteiger partial charge in [-0.05, 0) is 65.5 Å². The highest BCUT2D eigenvalue weighted by molar-refractivity contribution is 14.1. The number of carbonyl (C=O) groups is 1. The molecular weight excluding hydrogens is 391 g/mol. The minimum Gasteiger partial charge on any atom is -0.294 e. The number of Topliss-reactive ketones (excluding diaryl/α,β-unsaturated/α-hetero) is 1. The van der Waals surface area contributed by atoms with Crippen molar-refractivity contribution in [3.8, 4) is 0 Å². The quantitative estimate of drug-likeness (QED) is 0.580. The van der Waals surface area contributed by atoms with Crippen molar-refractivity contribution in [2.45, 2.75) is 25.7 Å². The smallest absolute Gasteiger partial charge is 0.266 e. The van der Waals surface area contributed by atoms with Gasteiger partial charge in [0.15, 0.2) is 5.78 Å². The second-order valence-corrected chi connectivity index (χ2v) is 7.07. The molecule has 4 nitrogen and oxygen atoms in total. The fraction of sp³-hybridized carbons (Fsp3) is 0.353. The molecule has 1 heterocycles. The van der Waals surface area contributed by atoms with Crippen LogP contribution in [0.4, 0.5) is 0 Å². The Bertz CT molecular complexity index is 765. The van der Waals surface area contributed by atoms with Crippen LogP contribution in [0.25, 0.3) is 0 Å². The molecule has 0 radical (unpaired) electrons. The molecule has 1 atom stereocenters. The highest BCUT2D eigenvalue weighted by Crippen LogP contribution is 2.26. The number of hydrogen-bond donors (Lipinski definition) is 0. The Kier molecular flexibility index (Phi) is 4.42. The maximum absolute atomic E-state index is 12.4. The maximum Gasteiger partial charge on any atom is 0.266 e. The molecule has 0 saturated heterocycles. The van der Waals surface area contributed by atoms with E-state index >= 15 is 0 Å². The van der Waals surface area contributed by atoms with Crippen molar-refractivity contribution >= 4 is 28.4 Å². The lowest BCUT2D eigenvalue weighted by molar-refractivity contribution is 0.0957. The average Bonchev–Trinajstić information content (AvgIpc) is 2.49. The third-order valence-electron chi connectivity index (χ3n) is 4.20. The van der Waals surface area contributed by atoms with Gasteiger partial charge in [0, 0.05) is 28.7 Å². The summed E-state index contributed by atoms with van der Waals surface area (Å²) in [6.07, 6.45) is 3.10. The summed E-state index contributed by atoms with van der Waals surface area (Å²) in [7, 11) is 1.68. The van der Waals surface area contributed by atoms with Gasteiger partial charge in [-0.2, -0.15) is 5.10 Å². The first-order valence-electron chi connectivity index (χ1n) is 7.38. The van der Waals surface area contributed by atoms with E-state index in [0.717, 1.165) is 39.7 Å². The van der Waals surface area contributed by atoms with Gasteiger partial charge in [-0.3, -0.25) is 9.59 Å². The number of ketones is 1. The number of nitrogens with zero attached hydrogens (tertiary/aromatic N) is 2. The molecule has 22 heavy (non-hydrogen) atoms. The number of aromatic nitrogens is 2. The van der Waals surface area contributed by atoms with Gasteiger partial charge in [0.25, 0.3) is 5.56 Å². The Labute approximate surface area is 142 Å². The molecule has 1 unspecified atom stereocenters.